The highest BCUT2D eigenvalue weighted by Crippen LogP contribution is 2.48. The summed E-state index contributed by atoms with van der Waals surface area (Å²) in [6, 6.07) is 0. The zero-order valence-corrected chi connectivity index (χ0v) is 12.4. The minimum atomic E-state index is -0.557. The third-order valence-corrected chi connectivity index (χ3v) is 4.00. The fourth-order valence-corrected chi connectivity index (χ4v) is 3.22. The first kappa shape index (κ1) is 13.7. The van der Waals surface area contributed by atoms with Gasteiger partial charge in [-0.2, -0.15) is 0 Å². The van der Waals surface area contributed by atoms with Crippen molar-refractivity contribution in [1.82, 2.24) is 4.90 Å². The Labute approximate surface area is 114 Å². The van der Waals surface area contributed by atoms with Gasteiger partial charge in [-0.1, -0.05) is 12.2 Å². The maximum absolute atomic E-state index is 12.6. The standard InChI is InChI=1S/C13H22N2O2S/c1-11(2)7-15(8-12(3,4)17-11)10(16)13(5-6-13)9(14)18/h5-8H2,1-4H3,(H2,14,18). The second-order valence-electron chi connectivity index (χ2n) is 6.73. The molecule has 0 bridgehead atoms. The van der Waals surface area contributed by atoms with Crippen LogP contribution in [0, 0.1) is 5.41 Å². The molecule has 0 aromatic heterocycles. The number of morpholine rings is 1. The molecular formula is C13H22N2O2S. The average Bonchev–Trinajstić information content (AvgIpc) is 2.91. The van der Waals surface area contributed by atoms with Crippen LogP contribution in [0.3, 0.4) is 0 Å². The van der Waals surface area contributed by atoms with Crippen LogP contribution >= 0.6 is 12.2 Å². The van der Waals surface area contributed by atoms with Crippen molar-refractivity contribution in [3.05, 3.63) is 0 Å². The van der Waals surface area contributed by atoms with Gasteiger partial charge in [0.15, 0.2) is 0 Å². The molecule has 1 aliphatic heterocycles. The van der Waals surface area contributed by atoms with Crippen molar-refractivity contribution >= 4 is 23.1 Å². The Kier molecular flexibility index (Phi) is 2.98. The molecule has 0 unspecified atom stereocenters. The maximum Gasteiger partial charge on any atom is 0.235 e. The number of carbonyl (C=O) groups excluding carboxylic acids is 1. The zero-order chi connectivity index (χ0) is 13.8. The number of nitrogens with two attached hydrogens (primary N) is 1. The van der Waals surface area contributed by atoms with E-state index in [1.807, 2.05) is 32.6 Å². The Morgan fingerprint density at radius 2 is 1.61 bits per heavy atom. The first-order chi connectivity index (χ1) is 8.08. The van der Waals surface area contributed by atoms with Crippen molar-refractivity contribution < 1.29 is 9.53 Å². The van der Waals surface area contributed by atoms with Gasteiger partial charge in [0, 0.05) is 13.1 Å². The van der Waals surface area contributed by atoms with Crippen LogP contribution in [0.4, 0.5) is 0 Å². The highest BCUT2D eigenvalue weighted by molar-refractivity contribution is 7.80. The maximum atomic E-state index is 12.6. The number of carbonyl (C=O) groups is 1. The van der Waals surface area contributed by atoms with Gasteiger partial charge in [0.05, 0.1) is 21.6 Å². The number of nitrogens with zero attached hydrogens (tertiary/aromatic N) is 1. The van der Waals surface area contributed by atoms with Gasteiger partial charge in [0.2, 0.25) is 5.91 Å². The predicted molar refractivity (Wildman–Crippen MR) is 74.3 cm³/mol. The molecule has 1 amide bonds. The predicted octanol–water partition coefficient (Wildman–Crippen LogP) is 1.47. The van der Waals surface area contributed by atoms with E-state index in [-0.39, 0.29) is 17.1 Å². The summed E-state index contributed by atoms with van der Waals surface area (Å²) in [5.74, 6) is 0.0828. The number of hydrogen-bond acceptors (Lipinski definition) is 3. The number of thiocarbonyl (C=S) groups is 1. The van der Waals surface area contributed by atoms with E-state index < -0.39 is 5.41 Å². The lowest BCUT2D eigenvalue weighted by Crippen LogP contribution is -2.60. The van der Waals surface area contributed by atoms with Crippen molar-refractivity contribution in [3.63, 3.8) is 0 Å². The highest BCUT2D eigenvalue weighted by Gasteiger charge is 2.56. The van der Waals surface area contributed by atoms with Crippen LogP contribution in [-0.2, 0) is 9.53 Å². The molecule has 1 aliphatic carbocycles. The van der Waals surface area contributed by atoms with Crippen molar-refractivity contribution in [1.29, 1.82) is 0 Å². The third-order valence-electron chi connectivity index (χ3n) is 3.61. The normalized spacial score (nSPS) is 27.7. The molecule has 102 valence electrons. The first-order valence-electron chi connectivity index (χ1n) is 6.38. The molecule has 1 saturated carbocycles. The lowest BCUT2D eigenvalue weighted by atomic mass is 9.96. The summed E-state index contributed by atoms with van der Waals surface area (Å²) in [4.78, 5) is 14.8. The molecule has 0 spiro atoms. The highest BCUT2D eigenvalue weighted by atomic mass is 32.1. The van der Waals surface area contributed by atoms with Crippen LogP contribution in [0.1, 0.15) is 40.5 Å². The van der Waals surface area contributed by atoms with Crippen LogP contribution in [-0.4, -0.2) is 40.1 Å². The molecule has 2 aliphatic rings. The molecule has 2 fully saturated rings. The van der Waals surface area contributed by atoms with E-state index in [0.29, 0.717) is 18.1 Å². The summed E-state index contributed by atoms with van der Waals surface area (Å²) >= 11 is 5.05. The van der Waals surface area contributed by atoms with Gasteiger partial charge in [-0.15, -0.1) is 0 Å². The lowest BCUT2D eigenvalue weighted by Gasteiger charge is -2.47. The van der Waals surface area contributed by atoms with Crippen molar-refractivity contribution in [3.8, 4) is 0 Å². The van der Waals surface area contributed by atoms with E-state index in [1.54, 1.807) is 0 Å². The van der Waals surface area contributed by atoms with Gasteiger partial charge in [0.25, 0.3) is 0 Å². The van der Waals surface area contributed by atoms with E-state index in [9.17, 15) is 4.79 Å². The van der Waals surface area contributed by atoms with E-state index in [2.05, 4.69) is 0 Å². The SMILES string of the molecule is CC1(C)CN(C(=O)C2(C(N)=S)CC2)CC(C)(C)O1. The second-order valence-corrected chi connectivity index (χ2v) is 7.17. The summed E-state index contributed by atoms with van der Waals surface area (Å²) in [6.07, 6.45) is 1.58. The molecule has 4 nitrogen and oxygen atoms in total. The summed E-state index contributed by atoms with van der Waals surface area (Å²) in [7, 11) is 0. The third kappa shape index (κ3) is 2.38. The van der Waals surface area contributed by atoms with Gasteiger partial charge < -0.3 is 15.4 Å². The summed E-state index contributed by atoms with van der Waals surface area (Å²) in [6.45, 7) is 9.23. The van der Waals surface area contributed by atoms with E-state index in [0.717, 1.165) is 12.8 Å². The minimum Gasteiger partial charge on any atom is -0.392 e. The first-order valence-corrected chi connectivity index (χ1v) is 6.78. The number of hydrogen-bond donors (Lipinski definition) is 1. The number of ether oxygens (including phenoxy) is 1. The quantitative estimate of drug-likeness (QED) is 0.772. The van der Waals surface area contributed by atoms with Gasteiger partial charge in [0.1, 0.15) is 0 Å². The largest absolute Gasteiger partial charge is 0.392 e. The topological polar surface area (TPSA) is 55.6 Å². The second kappa shape index (κ2) is 3.90. The van der Waals surface area contributed by atoms with Crippen molar-refractivity contribution in [2.24, 2.45) is 11.1 Å². The summed E-state index contributed by atoms with van der Waals surface area (Å²) < 4.78 is 5.98. The van der Waals surface area contributed by atoms with Crippen molar-refractivity contribution in [2.45, 2.75) is 51.7 Å². The van der Waals surface area contributed by atoms with Crippen LogP contribution < -0.4 is 5.73 Å². The fraction of sp³-hybridized carbons (Fsp3) is 0.846. The Morgan fingerprint density at radius 3 is 1.94 bits per heavy atom. The monoisotopic (exact) mass is 270 g/mol. The zero-order valence-electron chi connectivity index (χ0n) is 11.6. The minimum absolute atomic E-state index is 0.0828. The molecular weight excluding hydrogens is 248 g/mol. The Balaban J connectivity index is 2.19. The van der Waals surface area contributed by atoms with Gasteiger partial charge in [-0.05, 0) is 40.5 Å². The Bertz CT molecular complexity index is 384. The molecule has 0 aromatic rings. The smallest absolute Gasteiger partial charge is 0.235 e. The van der Waals surface area contributed by atoms with Crippen LogP contribution in [0.25, 0.3) is 0 Å². The van der Waals surface area contributed by atoms with E-state index in [4.69, 9.17) is 22.7 Å². The Hall–Kier alpha value is -0.680. The van der Waals surface area contributed by atoms with E-state index in [1.165, 1.54) is 0 Å². The molecule has 1 saturated heterocycles. The van der Waals surface area contributed by atoms with Crippen LogP contribution in [0.5, 0.6) is 0 Å². The van der Waals surface area contributed by atoms with Crippen LogP contribution in [0.15, 0.2) is 0 Å². The molecule has 0 atom stereocenters. The number of amides is 1. The summed E-state index contributed by atoms with van der Waals surface area (Å²) in [5.41, 5.74) is 4.51. The molecule has 5 heteroatoms. The Morgan fingerprint density at radius 1 is 1.17 bits per heavy atom. The van der Waals surface area contributed by atoms with Gasteiger partial charge >= 0.3 is 0 Å². The van der Waals surface area contributed by atoms with Gasteiger partial charge in [-0.3, -0.25) is 4.79 Å². The van der Waals surface area contributed by atoms with Gasteiger partial charge in [-0.25, -0.2) is 0 Å². The fourth-order valence-electron chi connectivity index (χ4n) is 2.92. The molecule has 2 N–H and O–H groups in total. The number of rotatable bonds is 2. The van der Waals surface area contributed by atoms with Crippen LogP contribution in [0.2, 0.25) is 0 Å². The summed E-state index contributed by atoms with van der Waals surface area (Å²) in [5, 5.41) is 0. The molecule has 18 heavy (non-hydrogen) atoms. The van der Waals surface area contributed by atoms with E-state index >= 15 is 0 Å². The lowest BCUT2D eigenvalue weighted by molar-refractivity contribution is -0.189. The molecule has 0 aromatic carbocycles. The van der Waals surface area contributed by atoms with Crippen molar-refractivity contribution in [2.75, 3.05) is 13.1 Å². The molecule has 0 radical (unpaired) electrons. The molecule has 2 rings (SSSR count). The molecule has 1 heterocycles. The average molecular weight is 270 g/mol.